The van der Waals surface area contributed by atoms with Crippen LogP contribution in [-0.2, 0) is 24.9 Å². The highest BCUT2D eigenvalue weighted by atomic mass is 16.5. The summed E-state index contributed by atoms with van der Waals surface area (Å²) in [6.07, 6.45) is 1.87. The van der Waals surface area contributed by atoms with Gasteiger partial charge < -0.3 is 19.5 Å². The van der Waals surface area contributed by atoms with Gasteiger partial charge in [0.05, 0.1) is 12.1 Å². The van der Waals surface area contributed by atoms with Crippen molar-refractivity contribution in [3.8, 4) is 0 Å². The van der Waals surface area contributed by atoms with Gasteiger partial charge in [-0.2, -0.15) is 0 Å². The molecule has 2 aromatic heterocycles. The van der Waals surface area contributed by atoms with Crippen molar-refractivity contribution in [2.24, 2.45) is 7.05 Å². The summed E-state index contributed by atoms with van der Waals surface area (Å²) in [4.78, 5) is 11.9. The van der Waals surface area contributed by atoms with E-state index in [4.69, 9.17) is 9.63 Å². The van der Waals surface area contributed by atoms with E-state index in [0.29, 0.717) is 11.6 Å². The second-order valence-corrected chi connectivity index (χ2v) is 5.74. The number of carbonyl (C=O) groups is 1. The van der Waals surface area contributed by atoms with Crippen molar-refractivity contribution in [3.63, 3.8) is 0 Å². The number of nitrogens with one attached hydrogen (secondary N) is 1. The van der Waals surface area contributed by atoms with Gasteiger partial charge in [-0.25, -0.2) is 0 Å². The van der Waals surface area contributed by atoms with Gasteiger partial charge in [0.2, 0.25) is 5.91 Å². The maximum Gasteiger partial charge on any atom is 0.227 e. The minimum absolute atomic E-state index is 0.0615. The molecule has 3 rings (SSSR count). The van der Waals surface area contributed by atoms with Crippen molar-refractivity contribution >= 4 is 5.91 Å². The third-order valence-electron chi connectivity index (χ3n) is 4.02. The fraction of sp³-hybridized carbons (Fsp3) is 0.571. The number of rotatable bonds is 5. The van der Waals surface area contributed by atoms with Crippen LogP contribution < -0.4 is 5.32 Å². The van der Waals surface area contributed by atoms with E-state index in [-0.39, 0.29) is 30.9 Å². The average molecular weight is 305 g/mol. The van der Waals surface area contributed by atoms with Crippen molar-refractivity contribution in [2.75, 3.05) is 0 Å². The van der Waals surface area contributed by atoms with E-state index in [0.717, 1.165) is 24.4 Å². The first-order chi connectivity index (χ1) is 10.6. The summed E-state index contributed by atoms with van der Waals surface area (Å²) >= 11 is 0. The van der Waals surface area contributed by atoms with E-state index >= 15 is 0 Å². The summed E-state index contributed by atoms with van der Waals surface area (Å²) in [5.74, 6) is 2.21. The number of aliphatic hydroxyl groups excluding tert-OH is 1. The molecule has 2 heterocycles. The van der Waals surface area contributed by atoms with Crippen LogP contribution in [0.4, 0.5) is 0 Å². The first-order valence-electron chi connectivity index (χ1n) is 7.27. The van der Waals surface area contributed by atoms with Crippen LogP contribution >= 0.6 is 0 Å². The smallest absolute Gasteiger partial charge is 0.227 e. The summed E-state index contributed by atoms with van der Waals surface area (Å²) in [6.45, 7) is 1.70. The summed E-state index contributed by atoms with van der Waals surface area (Å²) in [7, 11) is 1.85. The van der Waals surface area contributed by atoms with E-state index in [1.54, 1.807) is 6.07 Å². The average Bonchev–Trinajstić information content (AvgIpc) is 3.00. The van der Waals surface area contributed by atoms with Crippen LogP contribution in [0, 0.1) is 6.92 Å². The number of aryl methyl sites for hydroxylation is 1. The quantitative estimate of drug-likeness (QED) is 0.818. The number of aromatic nitrogens is 4. The SMILES string of the molecule is Cc1cc(CC(=O)NC2CC(c3nnc(CO)n3C)C2)on1. The highest BCUT2D eigenvalue weighted by molar-refractivity contribution is 5.78. The molecule has 0 bridgehead atoms. The van der Waals surface area contributed by atoms with E-state index in [2.05, 4.69) is 20.7 Å². The predicted molar refractivity (Wildman–Crippen MR) is 75.8 cm³/mol. The Morgan fingerprint density at radius 3 is 2.86 bits per heavy atom. The van der Waals surface area contributed by atoms with Gasteiger partial charge in [-0.3, -0.25) is 4.79 Å². The van der Waals surface area contributed by atoms with Crippen LogP contribution in [0.25, 0.3) is 0 Å². The Morgan fingerprint density at radius 2 is 2.27 bits per heavy atom. The van der Waals surface area contributed by atoms with Crippen LogP contribution in [0.1, 0.15) is 41.9 Å². The molecule has 1 amide bonds. The lowest BCUT2D eigenvalue weighted by Gasteiger charge is -2.34. The number of nitrogens with zero attached hydrogens (tertiary/aromatic N) is 4. The molecule has 0 unspecified atom stereocenters. The molecule has 2 aromatic rings. The lowest BCUT2D eigenvalue weighted by Crippen LogP contribution is -2.44. The van der Waals surface area contributed by atoms with Gasteiger partial charge in [-0.05, 0) is 19.8 Å². The maximum absolute atomic E-state index is 11.9. The predicted octanol–water partition coefficient (Wildman–Crippen LogP) is 0.209. The minimum atomic E-state index is -0.118. The zero-order valence-corrected chi connectivity index (χ0v) is 12.6. The maximum atomic E-state index is 11.9. The monoisotopic (exact) mass is 305 g/mol. The molecule has 0 atom stereocenters. The molecule has 0 saturated heterocycles. The van der Waals surface area contributed by atoms with Crippen LogP contribution in [-0.4, -0.2) is 37.0 Å². The van der Waals surface area contributed by atoms with Crippen molar-refractivity contribution < 1.29 is 14.4 Å². The fourth-order valence-electron chi connectivity index (χ4n) is 2.75. The van der Waals surface area contributed by atoms with Crippen LogP contribution in [0.5, 0.6) is 0 Å². The molecule has 0 spiro atoms. The van der Waals surface area contributed by atoms with E-state index in [1.165, 1.54) is 0 Å². The number of amides is 1. The molecule has 1 aliphatic carbocycles. The Labute approximate surface area is 127 Å². The molecule has 0 aromatic carbocycles. The highest BCUT2D eigenvalue weighted by Crippen LogP contribution is 2.35. The Morgan fingerprint density at radius 1 is 1.50 bits per heavy atom. The fourth-order valence-corrected chi connectivity index (χ4v) is 2.75. The molecule has 22 heavy (non-hydrogen) atoms. The first-order valence-corrected chi connectivity index (χ1v) is 7.27. The van der Waals surface area contributed by atoms with Gasteiger partial charge in [0.15, 0.2) is 5.82 Å². The summed E-state index contributed by atoms with van der Waals surface area (Å²) in [6, 6.07) is 1.91. The lowest BCUT2D eigenvalue weighted by atomic mass is 9.79. The Balaban J connectivity index is 1.49. The first kappa shape index (κ1) is 14.7. The van der Waals surface area contributed by atoms with Gasteiger partial charge in [0.25, 0.3) is 0 Å². The number of hydrogen-bond donors (Lipinski definition) is 2. The van der Waals surface area contributed by atoms with Crippen molar-refractivity contribution in [1.29, 1.82) is 0 Å². The third kappa shape index (κ3) is 2.87. The zero-order chi connectivity index (χ0) is 15.7. The van der Waals surface area contributed by atoms with Gasteiger partial charge in [0, 0.05) is 25.1 Å². The van der Waals surface area contributed by atoms with E-state index in [1.807, 2.05) is 18.5 Å². The minimum Gasteiger partial charge on any atom is -0.388 e. The van der Waals surface area contributed by atoms with Crippen molar-refractivity contribution in [1.82, 2.24) is 25.2 Å². The topological polar surface area (TPSA) is 106 Å². The normalized spacial score (nSPS) is 20.7. The van der Waals surface area contributed by atoms with E-state index < -0.39 is 0 Å². The zero-order valence-electron chi connectivity index (χ0n) is 12.6. The molecule has 118 valence electrons. The van der Waals surface area contributed by atoms with Crippen LogP contribution in [0.3, 0.4) is 0 Å². The summed E-state index contributed by atoms with van der Waals surface area (Å²) in [5.41, 5.74) is 0.772. The largest absolute Gasteiger partial charge is 0.388 e. The second kappa shape index (κ2) is 5.88. The Bertz CT molecular complexity index is 672. The molecule has 1 aliphatic rings. The molecule has 2 N–H and O–H groups in total. The van der Waals surface area contributed by atoms with Gasteiger partial charge >= 0.3 is 0 Å². The number of aliphatic hydroxyl groups is 1. The molecule has 8 nitrogen and oxygen atoms in total. The van der Waals surface area contributed by atoms with Crippen molar-refractivity contribution in [2.45, 2.75) is 44.8 Å². The molecule has 0 aliphatic heterocycles. The molecular formula is C14H19N5O3. The number of hydrogen-bond acceptors (Lipinski definition) is 6. The Hall–Kier alpha value is -2.22. The van der Waals surface area contributed by atoms with Crippen molar-refractivity contribution in [3.05, 3.63) is 29.2 Å². The summed E-state index contributed by atoms with van der Waals surface area (Å²) in [5, 5.41) is 23.9. The van der Waals surface area contributed by atoms with Crippen LogP contribution in [0.2, 0.25) is 0 Å². The molecule has 1 saturated carbocycles. The van der Waals surface area contributed by atoms with E-state index in [9.17, 15) is 4.79 Å². The Kier molecular flexibility index (Phi) is 3.93. The standard InChI is InChI=1S/C14H19N5O3/c1-8-3-11(22-18-8)6-13(21)15-10-4-9(5-10)14-17-16-12(7-20)19(14)2/h3,9-10,20H,4-7H2,1-2H3,(H,15,21). The molecule has 0 radical (unpaired) electrons. The molecular weight excluding hydrogens is 286 g/mol. The second-order valence-electron chi connectivity index (χ2n) is 5.74. The molecule has 8 heteroatoms. The van der Waals surface area contributed by atoms with Gasteiger partial charge in [-0.1, -0.05) is 5.16 Å². The van der Waals surface area contributed by atoms with Gasteiger partial charge in [0.1, 0.15) is 18.2 Å². The van der Waals surface area contributed by atoms with Gasteiger partial charge in [-0.15, -0.1) is 10.2 Å². The number of carbonyl (C=O) groups excluding carboxylic acids is 1. The highest BCUT2D eigenvalue weighted by Gasteiger charge is 2.34. The lowest BCUT2D eigenvalue weighted by molar-refractivity contribution is -0.122. The molecule has 1 fully saturated rings. The third-order valence-corrected chi connectivity index (χ3v) is 4.02. The van der Waals surface area contributed by atoms with Crippen LogP contribution in [0.15, 0.2) is 10.6 Å². The summed E-state index contributed by atoms with van der Waals surface area (Å²) < 4.78 is 6.85.